The van der Waals surface area contributed by atoms with Gasteiger partial charge in [-0.2, -0.15) is 0 Å². The van der Waals surface area contributed by atoms with E-state index in [2.05, 4.69) is 15.3 Å². The van der Waals surface area contributed by atoms with Crippen molar-refractivity contribution in [2.75, 3.05) is 13.1 Å². The molecule has 1 fully saturated rings. The van der Waals surface area contributed by atoms with Crippen LogP contribution < -0.4 is 10.9 Å². The Bertz CT molecular complexity index is 615. The van der Waals surface area contributed by atoms with Gasteiger partial charge in [0.15, 0.2) is 0 Å². The van der Waals surface area contributed by atoms with Crippen molar-refractivity contribution in [2.45, 2.75) is 25.0 Å². The van der Waals surface area contributed by atoms with Gasteiger partial charge >= 0.3 is 0 Å². The molecule has 0 bridgehead atoms. The maximum atomic E-state index is 12.2. The normalized spacial score (nSPS) is 18.2. The number of halogens is 1. The van der Waals surface area contributed by atoms with E-state index in [0.29, 0.717) is 30.4 Å². The van der Waals surface area contributed by atoms with Gasteiger partial charge in [-0.05, 0) is 32.0 Å². The van der Waals surface area contributed by atoms with Gasteiger partial charge in [0.05, 0.1) is 23.9 Å². The molecule has 0 aliphatic carbocycles. The molecule has 6 nitrogen and oxygen atoms in total. The lowest BCUT2D eigenvalue weighted by Gasteiger charge is -2.32. The third-order valence-corrected chi connectivity index (χ3v) is 3.54. The molecule has 0 radical (unpaired) electrons. The highest BCUT2D eigenvalue weighted by Gasteiger charge is 2.30. The summed E-state index contributed by atoms with van der Waals surface area (Å²) >= 11 is 0. The number of nitrogens with one attached hydrogen (secondary N) is 2. The van der Waals surface area contributed by atoms with E-state index < -0.39 is 5.60 Å². The third kappa shape index (κ3) is 2.65. The van der Waals surface area contributed by atoms with Crippen LogP contribution in [0.4, 0.5) is 0 Å². The standard InChI is InChI=1S/C12H16N4O2.ClH/c17-11-9-1-4-14-10(9)15-8-16(11)7-12(18)2-5-13-6-3-12;/h1,4,8,13-14,18H,2-3,5-7H2;1H. The molecule has 3 N–H and O–H groups in total. The molecule has 7 heteroatoms. The van der Waals surface area contributed by atoms with Crippen molar-refractivity contribution in [1.82, 2.24) is 19.9 Å². The van der Waals surface area contributed by atoms with Crippen LogP contribution in [0.2, 0.25) is 0 Å². The number of nitrogens with zero attached hydrogens (tertiary/aromatic N) is 2. The van der Waals surface area contributed by atoms with Crippen molar-refractivity contribution in [3.8, 4) is 0 Å². The van der Waals surface area contributed by atoms with Gasteiger partial charge in [0.25, 0.3) is 5.56 Å². The average molecular weight is 285 g/mol. The van der Waals surface area contributed by atoms with Crippen LogP contribution in [0.5, 0.6) is 0 Å². The number of H-pyrrole nitrogens is 1. The Hall–Kier alpha value is -1.37. The summed E-state index contributed by atoms with van der Waals surface area (Å²) in [4.78, 5) is 19.3. The molecule has 0 saturated carbocycles. The minimum absolute atomic E-state index is 0. The fourth-order valence-electron chi connectivity index (χ4n) is 2.45. The minimum Gasteiger partial charge on any atom is -0.388 e. The number of fused-ring (bicyclic) bond motifs is 1. The molecule has 19 heavy (non-hydrogen) atoms. The van der Waals surface area contributed by atoms with Gasteiger partial charge in [0, 0.05) is 6.20 Å². The largest absolute Gasteiger partial charge is 0.388 e. The van der Waals surface area contributed by atoms with Crippen LogP contribution in [0, 0.1) is 0 Å². The molecule has 2 aromatic heterocycles. The second-order valence-electron chi connectivity index (χ2n) is 4.89. The number of hydrogen-bond donors (Lipinski definition) is 3. The molecule has 3 rings (SSSR count). The van der Waals surface area contributed by atoms with Crippen LogP contribution in [-0.4, -0.2) is 38.3 Å². The second-order valence-corrected chi connectivity index (χ2v) is 4.89. The zero-order valence-corrected chi connectivity index (χ0v) is 11.2. The Morgan fingerprint density at radius 1 is 1.42 bits per heavy atom. The molecular weight excluding hydrogens is 268 g/mol. The summed E-state index contributed by atoms with van der Waals surface area (Å²) in [5, 5.41) is 14.2. The Balaban J connectivity index is 0.00000133. The van der Waals surface area contributed by atoms with Crippen molar-refractivity contribution in [3.63, 3.8) is 0 Å². The quantitative estimate of drug-likeness (QED) is 0.739. The van der Waals surface area contributed by atoms with Gasteiger partial charge in [-0.25, -0.2) is 4.98 Å². The van der Waals surface area contributed by atoms with Crippen LogP contribution in [-0.2, 0) is 6.54 Å². The molecule has 0 unspecified atom stereocenters. The summed E-state index contributed by atoms with van der Waals surface area (Å²) in [6, 6.07) is 1.72. The summed E-state index contributed by atoms with van der Waals surface area (Å²) in [5.41, 5.74) is -0.317. The predicted octanol–water partition coefficient (Wildman–Crippen LogP) is 0.261. The van der Waals surface area contributed by atoms with Crippen LogP contribution >= 0.6 is 12.4 Å². The summed E-state index contributed by atoms with van der Waals surface area (Å²) in [5.74, 6) is 0. The zero-order chi connectivity index (χ0) is 12.6. The number of hydrogen-bond acceptors (Lipinski definition) is 4. The Morgan fingerprint density at radius 3 is 2.89 bits per heavy atom. The van der Waals surface area contributed by atoms with E-state index in [1.807, 2.05) is 0 Å². The monoisotopic (exact) mass is 284 g/mol. The first-order chi connectivity index (χ1) is 8.68. The maximum Gasteiger partial charge on any atom is 0.262 e. The second kappa shape index (κ2) is 5.32. The Kier molecular flexibility index (Phi) is 3.93. The highest BCUT2D eigenvalue weighted by atomic mass is 35.5. The lowest BCUT2D eigenvalue weighted by molar-refractivity contribution is -0.00627. The van der Waals surface area contributed by atoms with E-state index in [1.54, 1.807) is 12.3 Å². The van der Waals surface area contributed by atoms with Gasteiger partial charge in [0.2, 0.25) is 0 Å². The molecule has 1 aliphatic heterocycles. The van der Waals surface area contributed by atoms with E-state index in [-0.39, 0.29) is 18.0 Å². The first-order valence-corrected chi connectivity index (χ1v) is 6.14. The van der Waals surface area contributed by atoms with E-state index >= 15 is 0 Å². The smallest absolute Gasteiger partial charge is 0.262 e. The Labute approximate surface area is 116 Å². The van der Waals surface area contributed by atoms with Crippen LogP contribution in [0.25, 0.3) is 11.0 Å². The number of aromatic amines is 1. The van der Waals surface area contributed by atoms with Crippen molar-refractivity contribution in [2.24, 2.45) is 0 Å². The van der Waals surface area contributed by atoms with Gasteiger partial charge in [-0.1, -0.05) is 0 Å². The molecule has 0 aromatic carbocycles. The maximum absolute atomic E-state index is 12.2. The molecule has 3 heterocycles. The lowest BCUT2D eigenvalue weighted by Crippen LogP contribution is -2.46. The van der Waals surface area contributed by atoms with Gasteiger partial charge in [0.1, 0.15) is 5.65 Å². The summed E-state index contributed by atoms with van der Waals surface area (Å²) < 4.78 is 1.50. The van der Waals surface area contributed by atoms with Crippen LogP contribution in [0.3, 0.4) is 0 Å². The number of rotatable bonds is 2. The predicted molar refractivity (Wildman–Crippen MR) is 74.7 cm³/mol. The summed E-state index contributed by atoms with van der Waals surface area (Å²) in [6.07, 6.45) is 4.51. The molecule has 1 aliphatic rings. The lowest BCUT2D eigenvalue weighted by atomic mass is 9.92. The van der Waals surface area contributed by atoms with Crippen molar-refractivity contribution >= 4 is 23.4 Å². The first-order valence-electron chi connectivity index (χ1n) is 6.14. The molecular formula is C12H17ClN4O2. The fraction of sp³-hybridized carbons (Fsp3) is 0.500. The molecule has 1 saturated heterocycles. The zero-order valence-electron chi connectivity index (χ0n) is 10.4. The van der Waals surface area contributed by atoms with E-state index in [0.717, 1.165) is 13.1 Å². The highest BCUT2D eigenvalue weighted by Crippen LogP contribution is 2.19. The van der Waals surface area contributed by atoms with Gasteiger partial charge in [-0.15, -0.1) is 12.4 Å². The van der Waals surface area contributed by atoms with Crippen LogP contribution in [0.1, 0.15) is 12.8 Å². The molecule has 104 valence electrons. The van der Waals surface area contributed by atoms with Gasteiger partial charge < -0.3 is 15.4 Å². The van der Waals surface area contributed by atoms with E-state index in [1.165, 1.54) is 10.9 Å². The summed E-state index contributed by atoms with van der Waals surface area (Å²) in [6.45, 7) is 1.87. The SMILES string of the molecule is Cl.O=c1c2cc[nH]c2ncn1CC1(O)CCNCC1. The molecule has 0 atom stereocenters. The fourth-order valence-corrected chi connectivity index (χ4v) is 2.45. The summed E-state index contributed by atoms with van der Waals surface area (Å²) in [7, 11) is 0. The van der Waals surface area contributed by atoms with E-state index in [4.69, 9.17) is 0 Å². The number of piperidine rings is 1. The third-order valence-electron chi connectivity index (χ3n) is 3.54. The number of aromatic nitrogens is 3. The first kappa shape index (κ1) is 14.0. The minimum atomic E-state index is -0.805. The molecule has 0 spiro atoms. The van der Waals surface area contributed by atoms with Crippen molar-refractivity contribution < 1.29 is 5.11 Å². The molecule has 2 aromatic rings. The topological polar surface area (TPSA) is 82.9 Å². The van der Waals surface area contributed by atoms with Gasteiger partial charge in [-0.3, -0.25) is 9.36 Å². The highest BCUT2D eigenvalue weighted by molar-refractivity contribution is 5.85. The molecule has 0 amide bonds. The number of aliphatic hydroxyl groups is 1. The van der Waals surface area contributed by atoms with Crippen molar-refractivity contribution in [3.05, 3.63) is 28.9 Å². The Morgan fingerprint density at radius 2 is 2.16 bits per heavy atom. The van der Waals surface area contributed by atoms with Crippen molar-refractivity contribution in [1.29, 1.82) is 0 Å². The van der Waals surface area contributed by atoms with E-state index in [9.17, 15) is 9.90 Å². The average Bonchev–Trinajstić information content (AvgIpc) is 2.83. The van der Waals surface area contributed by atoms with Crippen LogP contribution in [0.15, 0.2) is 23.4 Å².